The van der Waals surface area contributed by atoms with E-state index in [9.17, 15) is 0 Å². The molecule has 0 N–H and O–H groups in total. The van der Waals surface area contributed by atoms with E-state index in [0.717, 1.165) is 16.7 Å². The molecule has 0 spiro atoms. The van der Waals surface area contributed by atoms with E-state index >= 15 is 0 Å². The average Bonchev–Trinajstić information content (AvgIpc) is 2.89. The normalized spacial score (nSPS) is 16.5. The quantitative estimate of drug-likeness (QED) is 0.810. The fourth-order valence-corrected chi connectivity index (χ4v) is 1.85. The Morgan fingerprint density at radius 3 is 2.88 bits per heavy atom. The topological polar surface area (TPSA) is 40.6 Å². The van der Waals surface area contributed by atoms with Crippen LogP contribution in [-0.2, 0) is 9.47 Å². The lowest BCUT2D eigenvalue weighted by molar-refractivity contribution is -0.0681. The zero-order valence-electron chi connectivity index (χ0n) is 9.33. The van der Waals surface area contributed by atoms with Crippen molar-refractivity contribution in [2.24, 2.45) is 0 Å². The largest absolute Gasteiger partial charge is 0.486 e. The molecular weight excluding hydrogens is 218 g/mol. The number of fused-ring (bicyclic) bond motifs is 1. The summed E-state index contributed by atoms with van der Waals surface area (Å²) in [5.74, 6) is 0.766. The van der Waals surface area contributed by atoms with E-state index in [4.69, 9.17) is 14.2 Å². The number of benzene rings is 1. The van der Waals surface area contributed by atoms with Gasteiger partial charge in [0.2, 0.25) is 0 Å². The molecule has 0 aliphatic carbocycles. The van der Waals surface area contributed by atoms with Gasteiger partial charge in [0.25, 0.3) is 0 Å². The number of nitrogens with zero attached hydrogens (tertiary/aromatic N) is 1. The minimum Gasteiger partial charge on any atom is -0.486 e. The highest BCUT2D eigenvalue weighted by Gasteiger charge is 2.16. The van der Waals surface area contributed by atoms with Crippen molar-refractivity contribution in [2.75, 3.05) is 19.8 Å². The lowest BCUT2D eigenvalue weighted by Gasteiger charge is -2.12. The highest BCUT2D eigenvalue weighted by Crippen LogP contribution is 2.23. The lowest BCUT2D eigenvalue weighted by atomic mass is 10.2. The summed E-state index contributed by atoms with van der Waals surface area (Å²) >= 11 is 0. The van der Waals surface area contributed by atoms with Gasteiger partial charge < -0.3 is 14.2 Å². The zero-order valence-corrected chi connectivity index (χ0v) is 9.33. The van der Waals surface area contributed by atoms with Crippen LogP contribution in [0.25, 0.3) is 10.9 Å². The van der Waals surface area contributed by atoms with Gasteiger partial charge in [-0.05, 0) is 12.1 Å². The molecule has 0 bridgehead atoms. The molecule has 2 aromatic rings. The van der Waals surface area contributed by atoms with Crippen molar-refractivity contribution < 1.29 is 14.2 Å². The molecule has 1 aliphatic heterocycles. The minimum absolute atomic E-state index is 0.256. The van der Waals surface area contributed by atoms with Crippen LogP contribution in [0.15, 0.2) is 36.5 Å². The molecule has 3 rings (SSSR count). The molecule has 0 atom stereocenters. The molecule has 1 saturated heterocycles. The number of hydrogen-bond acceptors (Lipinski definition) is 4. The summed E-state index contributed by atoms with van der Waals surface area (Å²) in [4.78, 5) is 4.32. The molecule has 2 heterocycles. The van der Waals surface area contributed by atoms with Gasteiger partial charge >= 0.3 is 0 Å². The molecule has 0 unspecified atom stereocenters. The van der Waals surface area contributed by atoms with Crippen molar-refractivity contribution in [2.45, 2.75) is 6.29 Å². The van der Waals surface area contributed by atoms with Gasteiger partial charge in [-0.25, -0.2) is 0 Å². The number of para-hydroxylation sites is 1. The predicted octanol–water partition coefficient (Wildman–Crippen LogP) is 1.99. The first kappa shape index (κ1) is 10.5. The van der Waals surface area contributed by atoms with Gasteiger partial charge in [0, 0.05) is 11.6 Å². The van der Waals surface area contributed by atoms with Crippen molar-refractivity contribution in [1.82, 2.24) is 4.98 Å². The molecule has 1 aromatic heterocycles. The number of pyridine rings is 1. The number of hydrogen-bond donors (Lipinski definition) is 0. The van der Waals surface area contributed by atoms with Crippen LogP contribution < -0.4 is 4.74 Å². The van der Waals surface area contributed by atoms with Crippen LogP contribution >= 0.6 is 0 Å². The maximum Gasteiger partial charge on any atom is 0.191 e. The van der Waals surface area contributed by atoms with Crippen LogP contribution in [0.1, 0.15) is 0 Å². The molecule has 88 valence electrons. The highest BCUT2D eigenvalue weighted by molar-refractivity contribution is 5.84. The fourth-order valence-electron chi connectivity index (χ4n) is 1.85. The lowest BCUT2D eigenvalue weighted by Crippen LogP contribution is -2.18. The first-order valence-corrected chi connectivity index (χ1v) is 5.63. The van der Waals surface area contributed by atoms with Crippen LogP contribution in [0, 0.1) is 0 Å². The summed E-state index contributed by atoms with van der Waals surface area (Å²) in [6, 6.07) is 9.80. The van der Waals surface area contributed by atoms with Gasteiger partial charge in [-0.2, -0.15) is 0 Å². The molecule has 0 radical (unpaired) electrons. The van der Waals surface area contributed by atoms with Crippen LogP contribution in [0.3, 0.4) is 0 Å². The second kappa shape index (κ2) is 4.69. The Balaban J connectivity index is 1.79. The molecule has 0 saturated carbocycles. The Hall–Kier alpha value is -1.65. The second-order valence-corrected chi connectivity index (χ2v) is 3.81. The molecule has 4 heteroatoms. The first-order valence-electron chi connectivity index (χ1n) is 5.63. The van der Waals surface area contributed by atoms with Crippen LogP contribution in [-0.4, -0.2) is 31.1 Å². The van der Waals surface area contributed by atoms with E-state index in [2.05, 4.69) is 4.98 Å². The monoisotopic (exact) mass is 231 g/mol. The Bertz CT molecular complexity index is 503. The number of aromatic nitrogens is 1. The molecule has 4 nitrogen and oxygen atoms in total. The summed E-state index contributed by atoms with van der Waals surface area (Å²) < 4.78 is 16.3. The highest BCUT2D eigenvalue weighted by atomic mass is 16.7. The maximum atomic E-state index is 5.69. The Labute approximate surface area is 99.1 Å². The van der Waals surface area contributed by atoms with E-state index in [1.807, 2.05) is 30.3 Å². The Morgan fingerprint density at radius 1 is 1.18 bits per heavy atom. The van der Waals surface area contributed by atoms with Crippen LogP contribution in [0.4, 0.5) is 0 Å². The Morgan fingerprint density at radius 2 is 2.00 bits per heavy atom. The molecule has 1 fully saturated rings. The van der Waals surface area contributed by atoms with Crippen molar-refractivity contribution in [3.05, 3.63) is 36.5 Å². The van der Waals surface area contributed by atoms with Crippen molar-refractivity contribution >= 4 is 10.9 Å². The molecule has 0 amide bonds. The summed E-state index contributed by atoms with van der Waals surface area (Å²) in [7, 11) is 0. The maximum absolute atomic E-state index is 5.69. The molecule has 1 aliphatic rings. The van der Waals surface area contributed by atoms with Crippen molar-refractivity contribution in [1.29, 1.82) is 0 Å². The van der Waals surface area contributed by atoms with E-state index in [-0.39, 0.29) is 6.29 Å². The van der Waals surface area contributed by atoms with Crippen LogP contribution in [0.5, 0.6) is 5.75 Å². The summed E-state index contributed by atoms with van der Waals surface area (Å²) in [5.41, 5.74) is 0.869. The van der Waals surface area contributed by atoms with Gasteiger partial charge in [0.1, 0.15) is 17.9 Å². The third-order valence-electron chi connectivity index (χ3n) is 2.66. The molecule has 17 heavy (non-hydrogen) atoms. The van der Waals surface area contributed by atoms with E-state index in [1.165, 1.54) is 0 Å². The van der Waals surface area contributed by atoms with Crippen molar-refractivity contribution in [3.8, 4) is 5.75 Å². The Kier molecular flexibility index (Phi) is 2.90. The van der Waals surface area contributed by atoms with E-state index < -0.39 is 0 Å². The van der Waals surface area contributed by atoms with Crippen LogP contribution in [0.2, 0.25) is 0 Å². The molecule has 1 aromatic carbocycles. The van der Waals surface area contributed by atoms with Gasteiger partial charge in [0.05, 0.1) is 13.2 Å². The predicted molar refractivity (Wildman–Crippen MR) is 62.9 cm³/mol. The third-order valence-corrected chi connectivity index (χ3v) is 2.66. The molecular formula is C13H13NO3. The number of rotatable bonds is 3. The number of ether oxygens (including phenoxy) is 3. The van der Waals surface area contributed by atoms with E-state index in [1.54, 1.807) is 6.20 Å². The van der Waals surface area contributed by atoms with Crippen molar-refractivity contribution in [3.63, 3.8) is 0 Å². The summed E-state index contributed by atoms with van der Waals surface area (Å²) in [6.45, 7) is 1.68. The smallest absolute Gasteiger partial charge is 0.191 e. The standard InChI is InChI=1S/C13H13NO3/c1-3-10-4-2-6-14-13(10)11(5-1)17-9-12-15-7-8-16-12/h1-6,12H,7-9H2. The first-order chi connectivity index (χ1) is 8.43. The van der Waals surface area contributed by atoms with Gasteiger partial charge in [-0.1, -0.05) is 18.2 Å². The fraction of sp³-hybridized carbons (Fsp3) is 0.308. The van der Waals surface area contributed by atoms with Gasteiger partial charge in [0.15, 0.2) is 6.29 Å². The van der Waals surface area contributed by atoms with Gasteiger partial charge in [-0.15, -0.1) is 0 Å². The summed E-state index contributed by atoms with van der Waals surface area (Å²) in [5, 5.41) is 1.07. The second-order valence-electron chi connectivity index (χ2n) is 3.81. The third kappa shape index (κ3) is 2.23. The summed E-state index contributed by atoms with van der Waals surface area (Å²) in [6.07, 6.45) is 1.51. The van der Waals surface area contributed by atoms with E-state index in [0.29, 0.717) is 19.8 Å². The average molecular weight is 231 g/mol. The minimum atomic E-state index is -0.256. The van der Waals surface area contributed by atoms with Gasteiger partial charge in [-0.3, -0.25) is 4.98 Å². The zero-order chi connectivity index (χ0) is 11.5. The SMILES string of the molecule is c1cnc2c(OCC3OCCO3)cccc2c1.